The zero-order valence-corrected chi connectivity index (χ0v) is 15.0. The maximum Gasteiger partial charge on any atom is 0.405 e. The highest BCUT2D eigenvalue weighted by atomic mass is 32.2. The van der Waals surface area contributed by atoms with E-state index in [1.165, 1.54) is 0 Å². The molecule has 3 heterocycles. The van der Waals surface area contributed by atoms with Crippen LogP contribution in [0.4, 0.5) is 13.2 Å². The highest BCUT2D eigenvalue weighted by molar-refractivity contribution is 7.99. The minimum atomic E-state index is -4.41. The molecule has 25 heavy (non-hydrogen) atoms. The van der Waals surface area contributed by atoms with Gasteiger partial charge in [-0.3, -0.25) is 4.79 Å². The average Bonchev–Trinajstić information content (AvgIpc) is 3.30. The van der Waals surface area contributed by atoms with Crippen LogP contribution in [0.5, 0.6) is 0 Å². The standard InChI is InChI=1S/C15H12F3N3OS3/c16-15(17,18)8-19-11(22)7-25-14-20-12(9-3-1-5-23-9)13(21-14)10-4-2-6-24-10/h1-6H,7-8H2,(H,19,22)(H,20,21). The van der Waals surface area contributed by atoms with Crippen molar-refractivity contribution in [3.05, 3.63) is 35.0 Å². The number of hydrogen-bond donors (Lipinski definition) is 2. The molecule has 132 valence electrons. The first-order valence-corrected chi connectivity index (χ1v) is 9.81. The third kappa shape index (κ3) is 4.86. The molecule has 0 saturated carbocycles. The lowest BCUT2D eigenvalue weighted by Crippen LogP contribution is -2.34. The van der Waals surface area contributed by atoms with Gasteiger partial charge in [0.1, 0.15) is 12.2 Å². The van der Waals surface area contributed by atoms with Crippen molar-refractivity contribution in [3.63, 3.8) is 0 Å². The number of rotatable bonds is 6. The number of aromatic amines is 1. The van der Waals surface area contributed by atoms with Crippen molar-refractivity contribution in [1.29, 1.82) is 0 Å². The quantitative estimate of drug-likeness (QED) is 0.590. The van der Waals surface area contributed by atoms with E-state index in [-0.39, 0.29) is 5.75 Å². The summed E-state index contributed by atoms with van der Waals surface area (Å²) in [6.07, 6.45) is -4.41. The first-order chi connectivity index (χ1) is 11.9. The molecule has 0 aliphatic rings. The molecule has 0 spiro atoms. The van der Waals surface area contributed by atoms with E-state index in [9.17, 15) is 18.0 Å². The average molecular weight is 403 g/mol. The van der Waals surface area contributed by atoms with Crippen LogP contribution in [-0.2, 0) is 4.79 Å². The molecule has 0 fully saturated rings. The van der Waals surface area contributed by atoms with Crippen LogP contribution in [-0.4, -0.2) is 34.3 Å². The van der Waals surface area contributed by atoms with Crippen LogP contribution in [0.15, 0.2) is 40.2 Å². The fraction of sp³-hybridized carbons (Fsp3) is 0.200. The van der Waals surface area contributed by atoms with E-state index in [2.05, 4.69) is 9.97 Å². The van der Waals surface area contributed by atoms with Gasteiger partial charge in [-0.05, 0) is 22.9 Å². The van der Waals surface area contributed by atoms with Crippen LogP contribution in [0.1, 0.15) is 0 Å². The van der Waals surface area contributed by atoms with E-state index >= 15 is 0 Å². The monoisotopic (exact) mass is 403 g/mol. The Labute approximate surface area is 153 Å². The second-order valence-corrected chi connectivity index (χ2v) is 7.76. The number of halogens is 3. The number of carbonyl (C=O) groups is 1. The third-order valence-electron chi connectivity index (χ3n) is 3.03. The molecule has 0 atom stereocenters. The van der Waals surface area contributed by atoms with Crippen LogP contribution in [0.3, 0.4) is 0 Å². The zero-order chi connectivity index (χ0) is 17.9. The summed E-state index contributed by atoms with van der Waals surface area (Å²) >= 11 is 4.17. The molecule has 4 nitrogen and oxygen atoms in total. The first-order valence-electron chi connectivity index (χ1n) is 7.06. The van der Waals surface area contributed by atoms with Gasteiger partial charge in [0, 0.05) is 0 Å². The Bertz CT molecular complexity index is 774. The Morgan fingerprint density at radius 3 is 2.48 bits per heavy atom. The Kier molecular flexibility index (Phi) is 5.50. The molecule has 2 N–H and O–H groups in total. The van der Waals surface area contributed by atoms with Crippen molar-refractivity contribution in [2.45, 2.75) is 11.3 Å². The summed E-state index contributed by atoms with van der Waals surface area (Å²) < 4.78 is 36.3. The predicted octanol–water partition coefficient (Wildman–Crippen LogP) is 4.64. The number of amides is 1. The number of imidazole rings is 1. The summed E-state index contributed by atoms with van der Waals surface area (Å²) in [5.41, 5.74) is 1.62. The second kappa shape index (κ2) is 7.63. The maximum absolute atomic E-state index is 12.1. The number of thiophene rings is 2. The first kappa shape index (κ1) is 18.0. The highest BCUT2D eigenvalue weighted by Crippen LogP contribution is 2.36. The summed E-state index contributed by atoms with van der Waals surface area (Å²) in [6, 6.07) is 7.75. The third-order valence-corrected chi connectivity index (χ3v) is 5.67. The van der Waals surface area contributed by atoms with E-state index in [4.69, 9.17) is 0 Å². The van der Waals surface area contributed by atoms with Gasteiger partial charge >= 0.3 is 6.18 Å². The number of hydrogen-bond acceptors (Lipinski definition) is 5. The fourth-order valence-corrected chi connectivity index (χ4v) is 4.14. The van der Waals surface area contributed by atoms with Gasteiger partial charge < -0.3 is 10.3 Å². The van der Waals surface area contributed by atoms with Crippen LogP contribution in [0, 0.1) is 0 Å². The molecule has 3 aromatic heterocycles. The van der Waals surface area contributed by atoms with Gasteiger partial charge in [0.25, 0.3) is 0 Å². The van der Waals surface area contributed by atoms with Crippen molar-refractivity contribution in [1.82, 2.24) is 15.3 Å². The summed E-state index contributed by atoms with van der Waals surface area (Å²) in [5, 5.41) is 6.24. The number of alkyl halides is 3. The Morgan fingerprint density at radius 2 is 1.88 bits per heavy atom. The van der Waals surface area contributed by atoms with E-state index in [0.29, 0.717) is 5.16 Å². The molecule has 0 unspecified atom stereocenters. The number of nitrogens with one attached hydrogen (secondary N) is 2. The minimum absolute atomic E-state index is 0.142. The van der Waals surface area contributed by atoms with Crippen LogP contribution in [0.25, 0.3) is 21.1 Å². The highest BCUT2D eigenvalue weighted by Gasteiger charge is 2.27. The summed E-state index contributed by atoms with van der Waals surface area (Å²) in [5.74, 6) is -0.828. The number of aromatic nitrogens is 2. The number of H-pyrrole nitrogens is 1. The Balaban J connectivity index is 1.73. The molecule has 3 aromatic rings. The van der Waals surface area contributed by atoms with Gasteiger partial charge in [-0.25, -0.2) is 4.98 Å². The normalized spacial score (nSPS) is 11.6. The number of nitrogens with zero attached hydrogens (tertiary/aromatic N) is 1. The van der Waals surface area contributed by atoms with Gasteiger partial charge in [0.2, 0.25) is 5.91 Å². The molecule has 0 radical (unpaired) electrons. The summed E-state index contributed by atoms with van der Waals surface area (Å²) in [7, 11) is 0. The molecular formula is C15H12F3N3OS3. The van der Waals surface area contributed by atoms with Crippen molar-refractivity contribution < 1.29 is 18.0 Å². The second-order valence-electron chi connectivity index (χ2n) is 4.90. The Hall–Kier alpha value is -1.78. The smallest absolute Gasteiger partial charge is 0.346 e. The van der Waals surface area contributed by atoms with E-state index in [1.807, 2.05) is 40.3 Å². The molecule has 0 aromatic carbocycles. The van der Waals surface area contributed by atoms with Gasteiger partial charge in [0.15, 0.2) is 5.16 Å². The fourth-order valence-electron chi connectivity index (χ4n) is 1.99. The maximum atomic E-state index is 12.1. The van der Waals surface area contributed by atoms with Gasteiger partial charge in [-0.15, -0.1) is 22.7 Å². The molecule has 0 aliphatic carbocycles. The summed E-state index contributed by atoms with van der Waals surface area (Å²) in [6.45, 7) is -1.33. The predicted molar refractivity (Wildman–Crippen MR) is 95.0 cm³/mol. The minimum Gasteiger partial charge on any atom is -0.346 e. The topological polar surface area (TPSA) is 57.8 Å². The lowest BCUT2D eigenvalue weighted by molar-refractivity contribution is -0.136. The lowest BCUT2D eigenvalue weighted by atomic mass is 10.2. The van der Waals surface area contributed by atoms with Crippen molar-refractivity contribution in [3.8, 4) is 21.1 Å². The molecule has 0 aliphatic heterocycles. The molecule has 0 bridgehead atoms. The lowest BCUT2D eigenvalue weighted by Gasteiger charge is -2.07. The largest absolute Gasteiger partial charge is 0.405 e. The van der Waals surface area contributed by atoms with Crippen molar-refractivity contribution in [2.24, 2.45) is 0 Å². The molecule has 1 amide bonds. The zero-order valence-electron chi connectivity index (χ0n) is 12.6. The van der Waals surface area contributed by atoms with Crippen LogP contribution in [0.2, 0.25) is 0 Å². The molecule has 3 rings (SSSR count). The van der Waals surface area contributed by atoms with Gasteiger partial charge in [-0.1, -0.05) is 23.9 Å². The summed E-state index contributed by atoms with van der Waals surface area (Å²) in [4.78, 5) is 21.2. The van der Waals surface area contributed by atoms with Crippen molar-refractivity contribution >= 4 is 40.3 Å². The molecule has 0 saturated heterocycles. The molecule has 10 heteroatoms. The molecular weight excluding hydrogens is 391 g/mol. The number of carbonyl (C=O) groups excluding carboxylic acids is 1. The SMILES string of the molecule is O=C(CSc1nc(-c2cccs2)c(-c2cccs2)[nH]1)NCC(F)(F)F. The Morgan fingerprint density at radius 1 is 1.20 bits per heavy atom. The van der Waals surface area contributed by atoms with Crippen LogP contribution < -0.4 is 5.32 Å². The van der Waals surface area contributed by atoms with E-state index in [0.717, 1.165) is 32.9 Å². The van der Waals surface area contributed by atoms with Gasteiger partial charge in [-0.2, -0.15) is 13.2 Å². The van der Waals surface area contributed by atoms with Crippen LogP contribution >= 0.6 is 34.4 Å². The van der Waals surface area contributed by atoms with Crippen molar-refractivity contribution in [2.75, 3.05) is 12.3 Å². The van der Waals surface area contributed by atoms with E-state index in [1.54, 1.807) is 22.7 Å². The van der Waals surface area contributed by atoms with Gasteiger partial charge in [0.05, 0.1) is 21.2 Å². The van der Waals surface area contributed by atoms with E-state index < -0.39 is 18.6 Å². The number of thioether (sulfide) groups is 1.